The minimum Gasteiger partial charge on any atom is -0.439 e. The third kappa shape index (κ3) is 6.68. The first-order chi connectivity index (χ1) is 11.5. The molecule has 0 aliphatic heterocycles. The fourth-order valence-electron chi connectivity index (χ4n) is 2.08. The molecule has 138 valence electrons. The molecule has 1 aromatic heterocycles. The number of oxazole rings is 1. The van der Waals surface area contributed by atoms with Crippen LogP contribution in [0.4, 0.5) is 0 Å². The highest BCUT2D eigenvalue weighted by Gasteiger charge is 2.10. The van der Waals surface area contributed by atoms with E-state index in [9.17, 15) is 0 Å². The average molecular weight is 456 g/mol. The zero-order valence-electron chi connectivity index (χ0n) is 15.7. The van der Waals surface area contributed by atoms with E-state index < -0.39 is 0 Å². The van der Waals surface area contributed by atoms with Crippen molar-refractivity contribution in [2.45, 2.75) is 47.2 Å². The lowest BCUT2D eigenvalue weighted by atomic mass is 10.1. The van der Waals surface area contributed by atoms with Crippen molar-refractivity contribution in [3.05, 3.63) is 41.9 Å². The van der Waals surface area contributed by atoms with E-state index in [1.54, 1.807) is 6.20 Å². The molecule has 0 aliphatic rings. The van der Waals surface area contributed by atoms with Gasteiger partial charge < -0.3 is 15.1 Å². The van der Waals surface area contributed by atoms with Crippen LogP contribution in [-0.4, -0.2) is 23.5 Å². The summed E-state index contributed by atoms with van der Waals surface area (Å²) in [5.74, 6) is 2.70. The van der Waals surface area contributed by atoms with E-state index in [-0.39, 0.29) is 24.0 Å². The highest BCUT2D eigenvalue weighted by Crippen LogP contribution is 2.21. The minimum atomic E-state index is 0. The number of guanidine groups is 1. The largest absolute Gasteiger partial charge is 0.439 e. The number of aromatic nitrogens is 1. The van der Waals surface area contributed by atoms with Gasteiger partial charge >= 0.3 is 0 Å². The predicted octanol–water partition coefficient (Wildman–Crippen LogP) is 4.37. The third-order valence-electron chi connectivity index (χ3n) is 3.97. The van der Waals surface area contributed by atoms with Gasteiger partial charge in [-0.2, -0.15) is 0 Å². The van der Waals surface area contributed by atoms with E-state index >= 15 is 0 Å². The zero-order valence-corrected chi connectivity index (χ0v) is 18.0. The summed E-state index contributed by atoms with van der Waals surface area (Å²) in [5, 5.41) is 6.65. The molecule has 25 heavy (non-hydrogen) atoms. The number of halogens is 1. The Morgan fingerprint density at radius 2 is 1.88 bits per heavy atom. The van der Waals surface area contributed by atoms with Crippen LogP contribution in [0.15, 0.2) is 39.9 Å². The number of rotatable bonds is 6. The topological polar surface area (TPSA) is 62.5 Å². The highest BCUT2D eigenvalue weighted by atomic mass is 127. The summed E-state index contributed by atoms with van der Waals surface area (Å²) in [6, 6.07) is 8.56. The molecule has 0 bridgehead atoms. The minimum absolute atomic E-state index is 0. The van der Waals surface area contributed by atoms with Gasteiger partial charge in [0.25, 0.3) is 0 Å². The number of aliphatic imine (C=N–C) groups is 1. The Kier molecular flexibility index (Phi) is 8.96. The zero-order chi connectivity index (χ0) is 17.5. The maximum atomic E-state index is 5.82. The molecule has 0 saturated carbocycles. The molecule has 2 rings (SSSR count). The van der Waals surface area contributed by atoms with Gasteiger partial charge in [0.15, 0.2) is 11.7 Å². The van der Waals surface area contributed by atoms with Crippen molar-refractivity contribution < 1.29 is 4.42 Å². The molecule has 1 atom stereocenters. The molecular weight excluding hydrogens is 427 g/mol. The van der Waals surface area contributed by atoms with Crippen LogP contribution in [-0.2, 0) is 6.54 Å². The average Bonchev–Trinajstić information content (AvgIpc) is 3.02. The highest BCUT2D eigenvalue weighted by molar-refractivity contribution is 14.0. The Morgan fingerprint density at radius 3 is 2.48 bits per heavy atom. The Labute approximate surface area is 167 Å². The van der Waals surface area contributed by atoms with Crippen LogP contribution >= 0.6 is 24.0 Å². The van der Waals surface area contributed by atoms with E-state index in [4.69, 9.17) is 4.42 Å². The van der Waals surface area contributed by atoms with Gasteiger partial charge in [-0.1, -0.05) is 43.7 Å². The summed E-state index contributed by atoms with van der Waals surface area (Å²) < 4.78 is 5.82. The predicted molar refractivity (Wildman–Crippen MR) is 114 cm³/mol. The Morgan fingerprint density at radius 1 is 1.20 bits per heavy atom. The molecule has 0 saturated heterocycles. The van der Waals surface area contributed by atoms with Crippen LogP contribution in [0.5, 0.6) is 0 Å². The lowest BCUT2D eigenvalue weighted by Gasteiger charge is -2.20. The van der Waals surface area contributed by atoms with Crippen molar-refractivity contribution in [3.8, 4) is 11.3 Å². The number of nitrogens with zero attached hydrogens (tertiary/aromatic N) is 2. The molecule has 5 nitrogen and oxygen atoms in total. The van der Waals surface area contributed by atoms with Crippen molar-refractivity contribution in [1.29, 1.82) is 0 Å². The van der Waals surface area contributed by atoms with E-state index in [1.807, 2.05) is 12.1 Å². The number of aryl methyl sites for hydroxylation is 1. The van der Waals surface area contributed by atoms with Crippen molar-refractivity contribution in [2.75, 3.05) is 6.54 Å². The standard InChI is InChI=1S/C19H28N4O.HI/c1-6-20-19(23-15(5)13(2)3)22-12-18-21-11-17(24-18)16-9-7-14(4)8-10-16;/h7-11,13,15H,6,12H2,1-5H3,(H2,20,22,23);1H. The van der Waals surface area contributed by atoms with Crippen molar-refractivity contribution in [1.82, 2.24) is 15.6 Å². The Hall–Kier alpha value is -1.57. The summed E-state index contributed by atoms with van der Waals surface area (Å²) in [7, 11) is 0. The van der Waals surface area contributed by atoms with Crippen molar-refractivity contribution in [3.63, 3.8) is 0 Å². The maximum absolute atomic E-state index is 5.82. The molecule has 0 radical (unpaired) electrons. The molecule has 2 aromatic rings. The van der Waals surface area contributed by atoms with E-state index in [0.29, 0.717) is 24.4 Å². The third-order valence-corrected chi connectivity index (χ3v) is 3.97. The molecule has 1 unspecified atom stereocenters. The van der Waals surface area contributed by atoms with Crippen LogP contribution in [0.2, 0.25) is 0 Å². The molecule has 0 fully saturated rings. The smallest absolute Gasteiger partial charge is 0.216 e. The van der Waals surface area contributed by atoms with Crippen molar-refractivity contribution in [2.24, 2.45) is 10.9 Å². The summed E-state index contributed by atoms with van der Waals surface area (Å²) in [5.41, 5.74) is 2.26. The van der Waals surface area contributed by atoms with Crippen LogP contribution in [0.3, 0.4) is 0 Å². The lowest BCUT2D eigenvalue weighted by Crippen LogP contribution is -2.44. The Balaban J connectivity index is 0.00000312. The second-order valence-electron chi connectivity index (χ2n) is 6.36. The molecule has 0 amide bonds. The molecule has 1 aromatic carbocycles. The van der Waals surface area contributed by atoms with E-state index in [2.05, 4.69) is 67.4 Å². The van der Waals surface area contributed by atoms with Gasteiger partial charge in [0.2, 0.25) is 5.89 Å². The molecule has 0 aliphatic carbocycles. The van der Waals surface area contributed by atoms with Crippen LogP contribution in [0.1, 0.15) is 39.1 Å². The fourth-order valence-corrected chi connectivity index (χ4v) is 2.08. The molecule has 1 heterocycles. The number of hydrogen-bond donors (Lipinski definition) is 2. The number of benzene rings is 1. The van der Waals surface area contributed by atoms with Crippen LogP contribution in [0, 0.1) is 12.8 Å². The van der Waals surface area contributed by atoms with Gasteiger partial charge in [-0.15, -0.1) is 24.0 Å². The van der Waals surface area contributed by atoms with Gasteiger partial charge in [-0.05, 0) is 26.7 Å². The Bertz CT molecular complexity index is 664. The molecular formula is C19H29IN4O. The van der Waals surface area contributed by atoms with Gasteiger partial charge in [0.1, 0.15) is 6.54 Å². The van der Waals surface area contributed by atoms with E-state index in [1.165, 1.54) is 5.56 Å². The van der Waals surface area contributed by atoms with Gasteiger partial charge in [-0.25, -0.2) is 9.98 Å². The van der Waals surface area contributed by atoms with Gasteiger partial charge in [0, 0.05) is 18.2 Å². The number of hydrogen-bond acceptors (Lipinski definition) is 3. The molecule has 2 N–H and O–H groups in total. The molecule has 0 spiro atoms. The first-order valence-corrected chi connectivity index (χ1v) is 8.56. The molecule has 6 heteroatoms. The first-order valence-electron chi connectivity index (χ1n) is 8.56. The first kappa shape index (κ1) is 21.5. The lowest BCUT2D eigenvalue weighted by molar-refractivity contribution is 0.478. The van der Waals surface area contributed by atoms with Crippen LogP contribution in [0.25, 0.3) is 11.3 Å². The summed E-state index contributed by atoms with van der Waals surface area (Å²) in [6.45, 7) is 11.9. The summed E-state index contributed by atoms with van der Waals surface area (Å²) in [6.07, 6.45) is 1.76. The van der Waals surface area contributed by atoms with Gasteiger partial charge in [0.05, 0.1) is 6.20 Å². The second kappa shape index (κ2) is 10.4. The monoisotopic (exact) mass is 456 g/mol. The SMILES string of the molecule is CCNC(=NCc1ncc(-c2ccc(C)cc2)o1)NC(C)C(C)C.I. The number of nitrogens with one attached hydrogen (secondary N) is 2. The summed E-state index contributed by atoms with van der Waals surface area (Å²) >= 11 is 0. The summed E-state index contributed by atoms with van der Waals surface area (Å²) in [4.78, 5) is 8.90. The fraction of sp³-hybridized carbons (Fsp3) is 0.474. The maximum Gasteiger partial charge on any atom is 0.216 e. The van der Waals surface area contributed by atoms with Gasteiger partial charge in [-0.3, -0.25) is 0 Å². The normalized spacial score (nSPS) is 12.6. The quantitative estimate of drug-likeness (QED) is 0.385. The van der Waals surface area contributed by atoms with E-state index in [0.717, 1.165) is 23.8 Å². The second-order valence-corrected chi connectivity index (χ2v) is 6.36. The van der Waals surface area contributed by atoms with Crippen molar-refractivity contribution >= 4 is 29.9 Å². The van der Waals surface area contributed by atoms with Crippen LogP contribution < -0.4 is 10.6 Å².